The molecule has 0 saturated carbocycles. The molecule has 3 rings (SSSR count). The zero-order valence-electron chi connectivity index (χ0n) is 12.5. The molecule has 0 unspecified atom stereocenters. The molecule has 0 aliphatic rings. The predicted octanol–water partition coefficient (Wildman–Crippen LogP) is 2.95. The van der Waals surface area contributed by atoms with Gasteiger partial charge < -0.3 is 4.74 Å². The standard InChI is InChI=1S/C16H15N3O2S/c1-10-11(2)22-16-18-13(14(21-3)15(20)19(10)16)7-6-12-5-4-8-17-9-12/h4-9H,1-3H3. The molecule has 5 nitrogen and oxygen atoms in total. The smallest absolute Gasteiger partial charge is 0.301 e. The fourth-order valence-electron chi connectivity index (χ4n) is 2.19. The quantitative estimate of drug-likeness (QED) is 0.746. The van der Waals surface area contributed by atoms with E-state index in [1.807, 2.05) is 32.1 Å². The van der Waals surface area contributed by atoms with Gasteiger partial charge in [-0.05, 0) is 31.6 Å². The Morgan fingerprint density at radius 2 is 2.14 bits per heavy atom. The number of hydrogen-bond donors (Lipinski definition) is 0. The van der Waals surface area contributed by atoms with Gasteiger partial charge in [-0.25, -0.2) is 4.98 Å². The number of thiazole rings is 1. The Morgan fingerprint density at radius 1 is 1.32 bits per heavy atom. The first-order valence-electron chi connectivity index (χ1n) is 6.76. The third kappa shape index (κ3) is 2.42. The topological polar surface area (TPSA) is 56.5 Å². The van der Waals surface area contributed by atoms with E-state index in [1.54, 1.807) is 22.9 Å². The minimum atomic E-state index is -0.180. The van der Waals surface area contributed by atoms with Gasteiger partial charge in [0.1, 0.15) is 5.69 Å². The maximum Gasteiger partial charge on any atom is 0.301 e. The first-order valence-corrected chi connectivity index (χ1v) is 7.58. The van der Waals surface area contributed by atoms with Crippen molar-refractivity contribution < 1.29 is 4.74 Å². The largest absolute Gasteiger partial charge is 0.490 e. The number of fused-ring (bicyclic) bond motifs is 1. The Morgan fingerprint density at radius 3 is 2.82 bits per heavy atom. The molecular weight excluding hydrogens is 298 g/mol. The molecular formula is C16H15N3O2S. The van der Waals surface area contributed by atoms with Crippen LogP contribution in [0.25, 0.3) is 17.1 Å². The number of aryl methyl sites for hydroxylation is 2. The average molecular weight is 313 g/mol. The Hall–Kier alpha value is -2.47. The molecule has 112 valence electrons. The Bertz CT molecular complexity index is 911. The molecule has 0 amide bonds. The van der Waals surface area contributed by atoms with Crippen LogP contribution in [0, 0.1) is 13.8 Å². The highest BCUT2D eigenvalue weighted by atomic mass is 32.1. The van der Waals surface area contributed by atoms with Crippen LogP contribution in [0.15, 0.2) is 29.3 Å². The molecule has 0 saturated heterocycles. The number of ether oxygens (including phenoxy) is 1. The van der Waals surface area contributed by atoms with Crippen LogP contribution in [-0.2, 0) is 0 Å². The second kappa shape index (κ2) is 5.73. The fraction of sp³-hybridized carbons (Fsp3) is 0.188. The summed E-state index contributed by atoms with van der Waals surface area (Å²) in [5.41, 5.74) is 2.18. The second-order valence-electron chi connectivity index (χ2n) is 4.82. The Labute approximate surface area is 131 Å². The molecule has 3 aromatic heterocycles. The number of nitrogens with zero attached hydrogens (tertiary/aromatic N) is 3. The van der Waals surface area contributed by atoms with Crippen molar-refractivity contribution in [3.8, 4) is 5.75 Å². The molecule has 0 spiro atoms. The van der Waals surface area contributed by atoms with E-state index >= 15 is 0 Å². The Kier molecular flexibility index (Phi) is 3.77. The summed E-state index contributed by atoms with van der Waals surface area (Å²) >= 11 is 1.50. The molecule has 0 fully saturated rings. The van der Waals surface area contributed by atoms with E-state index in [-0.39, 0.29) is 11.3 Å². The molecule has 0 radical (unpaired) electrons. The predicted molar refractivity (Wildman–Crippen MR) is 88.5 cm³/mol. The minimum Gasteiger partial charge on any atom is -0.490 e. The number of aromatic nitrogens is 3. The van der Waals surface area contributed by atoms with Gasteiger partial charge in [-0.2, -0.15) is 0 Å². The normalized spacial score (nSPS) is 11.4. The van der Waals surface area contributed by atoms with E-state index in [0.29, 0.717) is 10.7 Å². The lowest BCUT2D eigenvalue weighted by Crippen LogP contribution is -2.18. The molecule has 0 aliphatic heterocycles. The van der Waals surface area contributed by atoms with Crippen molar-refractivity contribution in [2.45, 2.75) is 13.8 Å². The maximum atomic E-state index is 12.6. The van der Waals surface area contributed by atoms with Crippen LogP contribution < -0.4 is 10.3 Å². The third-order valence-corrected chi connectivity index (χ3v) is 4.51. The average Bonchev–Trinajstić information content (AvgIpc) is 2.81. The van der Waals surface area contributed by atoms with E-state index < -0.39 is 0 Å². The highest BCUT2D eigenvalue weighted by Crippen LogP contribution is 2.23. The molecule has 6 heteroatoms. The number of rotatable bonds is 3. The maximum absolute atomic E-state index is 12.6. The van der Waals surface area contributed by atoms with Crippen LogP contribution in [-0.4, -0.2) is 21.5 Å². The first kappa shape index (κ1) is 14.5. The van der Waals surface area contributed by atoms with E-state index in [2.05, 4.69) is 9.97 Å². The third-order valence-electron chi connectivity index (χ3n) is 3.45. The SMILES string of the molecule is COc1c(C=Cc2cccnc2)nc2sc(C)c(C)n2c1=O. The van der Waals surface area contributed by atoms with Gasteiger partial charge in [0.05, 0.1) is 7.11 Å². The molecule has 0 aromatic carbocycles. The highest BCUT2D eigenvalue weighted by Gasteiger charge is 2.15. The van der Waals surface area contributed by atoms with Crippen LogP contribution >= 0.6 is 11.3 Å². The Balaban J connectivity index is 2.17. The highest BCUT2D eigenvalue weighted by molar-refractivity contribution is 7.17. The summed E-state index contributed by atoms with van der Waals surface area (Å²) < 4.78 is 6.88. The van der Waals surface area contributed by atoms with E-state index in [0.717, 1.165) is 16.1 Å². The lowest BCUT2D eigenvalue weighted by atomic mass is 10.2. The molecule has 3 aromatic rings. The van der Waals surface area contributed by atoms with Gasteiger partial charge in [-0.1, -0.05) is 12.1 Å². The van der Waals surface area contributed by atoms with Gasteiger partial charge in [0.15, 0.2) is 4.96 Å². The number of hydrogen-bond acceptors (Lipinski definition) is 5. The summed E-state index contributed by atoms with van der Waals surface area (Å²) in [6.45, 7) is 3.89. The van der Waals surface area contributed by atoms with Crippen LogP contribution in [0.5, 0.6) is 5.75 Å². The zero-order valence-corrected chi connectivity index (χ0v) is 13.3. The number of methoxy groups -OCH3 is 1. The molecule has 0 atom stereocenters. The number of pyridine rings is 1. The van der Waals surface area contributed by atoms with Crippen molar-refractivity contribution in [3.63, 3.8) is 0 Å². The van der Waals surface area contributed by atoms with Crippen molar-refractivity contribution >= 4 is 28.4 Å². The van der Waals surface area contributed by atoms with Crippen molar-refractivity contribution in [3.05, 3.63) is 56.7 Å². The lowest BCUT2D eigenvalue weighted by molar-refractivity contribution is 0.404. The second-order valence-corrected chi connectivity index (χ2v) is 6.00. The van der Waals surface area contributed by atoms with E-state index in [1.165, 1.54) is 18.4 Å². The van der Waals surface area contributed by atoms with Crippen LogP contribution in [0.1, 0.15) is 21.8 Å². The van der Waals surface area contributed by atoms with Crippen LogP contribution in [0.2, 0.25) is 0 Å². The molecule has 0 N–H and O–H groups in total. The summed E-state index contributed by atoms with van der Waals surface area (Å²) in [7, 11) is 1.49. The summed E-state index contributed by atoms with van der Waals surface area (Å²) in [5.74, 6) is 0.249. The van der Waals surface area contributed by atoms with Crippen molar-refractivity contribution in [2.75, 3.05) is 7.11 Å². The van der Waals surface area contributed by atoms with Gasteiger partial charge in [0.2, 0.25) is 5.75 Å². The van der Waals surface area contributed by atoms with Gasteiger partial charge in [-0.15, -0.1) is 11.3 Å². The van der Waals surface area contributed by atoms with E-state index in [4.69, 9.17) is 4.74 Å². The summed E-state index contributed by atoms with van der Waals surface area (Å²) in [4.78, 5) is 22.9. The van der Waals surface area contributed by atoms with Gasteiger partial charge in [0.25, 0.3) is 0 Å². The van der Waals surface area contributed by atoms with E-state index in [9.17, 15) is 4.79 Å². The monoisotopic (exact) mass is 313 g/mol. The van der Waals surface area contributed by atoms with Crippen LogP contribution in [0.3, 0.4) is 0 Å². The minimum absolute atomic E-state index is 0.180. The zero-order chi connectivity index (χ0) is 15.7. The molecule has 0 aliphatic carbocycles. The molecule has 22 heavy (non-hydrogen) atoms. The van der Waals surface area contributed by atoms with Crippen LogP contribution in [0.4, 0.5) is 0 Å². The first-order chi connectivity index (χ1) is 10.6. The summed E-state index contributed by atoms with van der Waals surface area (Å²) in [5, 5.41) is 0. The van der Waals surface area contributed by atoms with Crippen molar-refractivity contribution in [2.24, 2.45) is 0 Å². The fourth-order valence-corrected chi connectivity index (χ4v) is 3.16. The van der Waals surface area contributed by atoms with Gasteiger partial charge in [-0.3, -0.25) is 14.2 Å². The van der Waals surface area contributed by atoms with Gasteiger partial charge in [0, 0.05) is 23.0 Å². The summed E-state index contributed by atoms with van der Waals surface area (Å²) in [6, 6.07) is 3.79. The summed E-state index contributed by atoms with van der Waals surface area (Å²) in [6.07, 6.45) is 7.10. The lowest BCUT2D eigenvalue weighted by Gasteiger charge is -2.05. The van der Waals surface area contributed by atoms with Crippen molar-refractivity contribution in [1.82, 2.24) is 14.4 Å². The molecule has 3 heterocycles. The molecule has 0 bridgehead atoms. The van der Waals surface area contributed by atoms with Crippen molar-refractivity contribution in [1.29, 1.82) is 0 Å². The van der Waals surface area contributed by atoms with Gasteiger partial charge >= 0.3 is 5.56 Å².